The highest BCUT2D eigenvalue weighted by atomic mass is 16.6. The monoisotopic (exact) mass is 342 g/mol. The summed E-state index contributed by atoms with van der Waals surface area (Å²) >= 11 is 0. The third kappa shape index (κ3) is 5.28. The van der Waals surface area contributed by atoms with E-state index in [9.17, 15) is 4.79 Å². The van der Waals surface area contributed by atoms with E-state index in [2.05, 4.69) is 0 Å². The Hall–Kier alpha value is -2.95. The average molecular weight is 342 g/mol. The summed E-state index contributed by atoms with van der Waals surface area (Å²) in [5.41, 5.74) is 0.986. The van der Waals surface area contributed by atoms with Gasteiger partial charge in [0.1, 0.15) is 0 Å². The molecule has 0 fully saturated rings. The molecule has 0 saturated carbocycles. The number of para-hydroxylation sites is 2. The maximum atomic E-state index is 12.1. The van der Waals surface area contributed by atoms with Crippen LogP contribution in [0.4, 0.5) is 0 Å². The van der Waals surface area contributed by atoms with Crippen LogP contribution in [0.3, 0.4) is 0 Å². The van der Waals surface area contributed by atoms with Crippen LogP contribution in [0.25, 0.3) is 6.08 Å². The molecule has 0 N–H and O–H groups in total. The Morgan fingerprint density at radius 3 is 2.40 bits per heavy atom. The van der Waals surface area contributed by atoms with Crippen LogP contribution in [0, 0.1) is 0 Å². The highest BCUT2D eigenvalue weighted by Crippen LogP contribution is 2.29. The molecule has 5 heteroatoms. The highest BCUT2D eigenvalue weighted by molar-refractivity contribution is 5.75. The third-order valence-corrected chi connectivity index (χ3v) is 3.27. The molecular formula is C20H22O5. The number of ether oxygens (including phenoxy) is 4. The number of hydrogen-bond donors (Lipinski definition) is 0. The Kier molecular flexibility index (Phi) is 6.89. The van der Waals surface area contributed by atoms with Gasteiger partial charge in [0, 0.05) is 0 Å². The van der Waals surface area contributed by atoms with E-state index >= 15 is 0 Å². The summed E-state index contributed by atoms with van der Waals surface area (Å²) in [6.45, 7) is 4.05. The Labute approximate surface area is 147 Å². The fraction of sp³-hybridized carbons (Fsp3) is 0.250. The van der Waals surface area contributed by atoms with Crippen molar-refractivity contribution in [2.75, 3.05) is 20.3 Å². The number of carbonyl (C=O) groups excluding carboxylic acids is 1. The first-order valence-electron chi connectivity index (χ1n) is 8.04. The van der Waals surface area contributed by atoms with Gasteiger partial charge in [-0.15, -0.1) is 0 Å². The van der Waals surface area contributed by atoms with E-state index in [1.165, 1.54) is 0 Å². The van der Waals surface area contributed by atoms with Crippen LogP contribution in [0.15, 0.2) is 48.5 Å². The summed E-state index contributed by atoms with van der Waals surface area (Å²) in [7, 11) is 1.55. The Morgan fingerprint density at radius 2 is 1.72 bits per heavy atom. The lowest BCUT2D eigenvalue weighted by Gasteiger charge is -2.12. The van der Waals surface area contributed by atoms with Crippen LogP contribution in [-0.2, 0) is 4.79 Å². The number of hydrogen-bond acceptors (Lipinski definition) is 5. The van der Waals surface area contributed by atoms with Gasteiger partial charge in [-0.2, -0.15) is 0 Å². The predicted octanol–water partition coefficient (Wildman–Crippen LogP) is 4.11. The van der Waals surface area contributed by atoms with Crippen molar-refractivity contribution in [1.29, 1.82) is 0 Å². The fourth-order valence-electron chi connectivity index (χ4n) is 2.20. The van der Waals surface area contributed by atoms with E-state index in [1.807, 2.05) is 44.2 Å². The molecule has 25 heavy (non-hydrogen) atoms. The maximum absolute atomic E-state index is 12.1. The predicted molar refractivity (Wildman–Crippen MR) is 96.4 cm³/mol. The summed E-state index contributed by atoms with van der Waals surface area (Å²) in [4.78, 5) is 12.1. The van der Waals surface area contributed by atoms with Crippen molar-refractivity contribution in [1.82, 2.24) is 0 Å². The van der Waals surface area contributed by atoms with Crippen molar-refractivity contribution < 1.29 is 23.7 Å². The zero-order valence-electron chi connectivity index (χ0n) is 14.7. The van der Waals surface area contributed by atoms with E-state index in [4.69, 9.17) is 18.9 Å². The second kappa shape index (κ2) is 9.37. The van der Waals surface area contributed by atoms with Crippen LogP contribution in [0.5, 0.6) is 23.0 Å². The number of methoxy groups -OCH3 is 1. The van der Waals surface area contributed by atoms with E-state index in [0.29, 0.717) is 29.6 Å². The van der Waals surface area contributed by atoms with E-state index in [1.54, 1.807) is 31.4 Å². The van der Waals surface area contributed by atoms with Gasteiger partial charge < -0.3 is 18.9 Å². The van der Waals surface area contributed by atoms with E-state index in [-0.39, 0.29) is 6.61 Å². The van der Waals surface area contributed by atoms with Gasteiger partial charge in [-0.3, -0.25) is 0 Å². The fourth-order valence-corrected chi connectivity index (χ4v) is 2.20. The molecule has 0 aliphatic rings. The molecular weight excluding hydrogens is 320 g/mol. The molecule has 2 rings (SSSR count). The molecule has 2 aromatic rings. The van der Waals surface area contributed by atoms with Crippen LogP contribution in [-0.4, -0.2) is 26.3 Å². The minimum Gasteiger partial charge on any atom is -0.493 e. The summed E-state index contributed by atoms with van der Waals surface area (Å²) in [5.74, 6) is 1.40. The molecule has 0 unspecified atom stereocenters. The van der Waals surface area contributed by atoms with Crippen molar-refractivity contribution in [3.63, 3.8) is 0 Å². The number of carbonyl (C=O) groups is 1. The molecule has 0 spiro atoms. The molecule has 2 aromatic carbocycles. The number of rotatable bonds is 8. The first-order chi connectivity index (χ1) is 12.2. The van der Waals surface area contributed by atoms with Gasteiger partial charge in [-0.1, -0.05) is 30.4 Å². The molecule has 0 aliphatic carbocycles. The Bertz CT molecular complexity index is 737. The van der Waals surface area contributed by atoms with Crippen molar-refractivity contribution in [2.24, 2.45) is 0 Å². The Morgan fingerprint density at radius 1 is 1.00 bits per heavy atom. The zero-order valence-corrected chi connectivity index (χ0v) is 14.7. The average Bonchev–Trinajstić information content (AvgIpc) is 2.62. The number of benzene rings is 2. The topological polar surface area (TPSA) is 54.0 Å². The number of allylic oxidation sites excluding steroid dienone is 1. The molecule has 0 aromatic heterocycles. The van der Waals surface area contributed by atoms with Gasteiger partial charge in [0.25, 0.3) is 0 Å². The smallest absolute Gasteiger partial charge is 0.349 e. The van der Waals surface area contributed by atoms with Gasteiger partial charge in [0.15, 0.2) is 29.6 Å². The third-order valence-electron chi connectivity index (χ3n) is 3.27. The maximum Gasteiger partial charge on any atom is 0.349 e. The molecule has 132 valence electrons. The van der Waals surface area contributed by atoms with E-state index < -0.39 is 5.97 Å². The second-order valence-corrected chi connectivity index (χ2v) is 5.05. The molecule has 5 nitrogen and oxygen atoms in total. The molecule has 0 bridgehead atoms. The summed E-state index contributed by atoms with van der Waals surface area (Å²) < 4.78 is 21.6. The van der Waals surface area contributed by atoms with Gasteiger partial charge in [0.2, 0.25) is 0 Å². The minimum absolute atomic E-state index is 0.236. The van der Waals surface area contributed by atoms with Gasteiger partial charge in [0.05, 0.1) is 13.7 Å². The molecule has 0 saturated heterocycles. The Balaban J connectivity index is 2.00. The van der Waals surface area contributed by atoms with E-state index in [0.717, 1.165) is 5.56 Å². The zero-order chi connectivity index (χ0) is 18.1. The van der Waals surface area contributed by atoms with Crippen molar-refractivity contribution in [3.8, 4) is 23.0 Å². The normalized spacial score (nSPS) is 10.5. The lowest BCUT2D eigenvalue weighted by molar-refractivity contribution is -0.136. The molecule has 0 radical (unpaired) electrons. The molecule has 0 amide bonds. The van der Waals surface area contributed by atoms with Crippen molar-refractivity contribution >= 4 is 12.0 Å². The summed E-state index contributed by atoms with van der Waals surface area (Å²) in [6.07, 6.45) is 3.88. The quantitative estimate of drug-likeness (QED) is 0.534. The first-order valence-corrected chi connectivity index (χ1v) is 8.04. The van der Waals surface area contributed by atoms with Crippen LogP contribution >= 0.6 is 0 Å². The second-order valence-electron chi connectivity index (χ2n) is 5.05. The summed E-state index contributed by atoms with van der Waals surface area (Å²) in [6, 6.07) is 12.5. The molecule has 0 aliphatic heterocycles. The van der Waals surface area contributed by atoms with Gasteiger partial charge in [-0.05, 0) is 43.7 Å². The standard InChI is InChI=1S/C20H22O5/c1-4-8-15-11-12-17(19(13-15)22-3)24-14-20(21)25-18-10-7-6-9-16(18)23-5-2/h4,6-13H,5,14H2,1-3H3. The lowest BCUT2D eigenvalue weighted by atomic mass is 10.2. The SMILES string of the molecule is CC=Cc1ccc(OCC(=O)Oc2ccccc2OCC)c(OC)c1. The summed E-state index contributed by atoms with van der Waals surface area (Å²) in [5, 5.41) is 0. The van der Waals surface area contributed by atoms with Gasteiger partial charge in [-0.25, -0.2) is 4.79 Å². The van der Waals surface area contributed by atoms with Crippen molar-refractivity contribution in [2.45, 2.75) is 13.8 Å². The molecule has 0 atom stereocenters. The van der Waals surface area contributed by atoms with Crippen LogP contribution in [0.1, 0.15) is 19.4 Å². The molecule has 0 heterocycles. The number of esters is 1. The first kappa shape index (κ1) is 18.4. The van der Waals surface area contributed by atoms with Crippen LogP contribution in [0.2, 0.25) is 0 Å². The lowest BCUT2D eigenvalue weighted by Crippen LogP contribution is -2.18. The highest BCUT2D eigenvalue weighted by Gasteiger charge is 2.12. The van der Waals surface area contributed by atoms with Crippen LogP contribution < -0.4 is 18.9 Å². The largest absolute Gasteiger partial charge is 0.493 e. The minimum atomic E-state index is -0.522. The van der Waals surface area contributed by atoms with Gasteiger partial charge >= 0.3 is 5.97 Å². The van der Waals surface area contributed by atoms with Crippen molar-refractivity contribution in [3.05, 3.63) is 54.1 Å².